The summed E-state index contributed by atoms with van der Waals surface area (Å²) in [5.74, 6) is 0. The Balaban J connectivity index is 2.14. The molecule has 0 saturated heterocycles. The van der Waals surface area contributed by atoms with Crippen LogP contribution < -0.4 is 4.57 Å². The van der Waals surface area contributed by atoms with Crippen molar-refractivity contribution in [2.75, 3.05) is 0 Å². The fourth-order valence-electron chi connectivity index (χ4n) is 5.60. The lowest BCUT2D eigenvalue weighted by molar-refractivity contribution is -0.646. The van der Waals surface area contributed by atoms with Crippen molar-refractivity contribution in [3.05, 3.63) is 76.4 Å². The molecule has 3 aromatic heterocycles. The van der Waals surface area contributed by atoms with Crippen LogP contribution in [0.15, 0.2) is 42.7 Å². The minimum absolute atomic E-state index is 0.651. The molecule has 0 saturated carbocycles. The highest BCUT2D eigenvalue weighted by molar-refractivity contribution is 6.28. The van der Waals surface area contributed by atoms with Crippen LogP contribution in [0.1, 0.15) is 36.1 Å². The summed E-state index contributed by atoms with van der Waals surface area (Å²) in [6.07, 6.45) is 1.91. The molecule has 0 atom stereocenters. The number of aromatic nitrogens is 3. The van der Waals surface area contributed by atoms with Gasteiger partial charge in [0.1, 0.15) is 5.52 Å². The molecule has 0 fully saturated rings. The van der Waals surface area contributed by atoms with Crippen LogP contribution in [0.4, 0.5) is 0 Å². The Hall–Kier alpha value is -3.71. The second kappa shape index (κ2) is 5.95. The summed E-state index contributed by atoms with van der Waals surface area (Å²) in [7, 11) is 2.09. The van der Waals surface area contributed by atoms with E-state index in [9.17, 15) is 0 Å². The van der Waals surface area contributed by atoms with Gasteiger partial charge in [-0.2, -0.15) is 0 Å². The van der Waals surface area contributed by atoms with Gasteiger partial charge >= 0.3 is 0 Å². The van der Waals surface area contributed by atoms with Gasteiger partial charge in [0, 0.05) is 36.1 Å². The maximum atomic E-state index is 7.93. The van der Waals surface area contributed by atoms with Crippen LogP contribution in [0.3, 0.4) is 0 Å². The maximum Gasteiger partial charge on any atom is 0.287 e. The monoisotopic (exact) mass is 417 g/mol. The van der Waals surface area contributed by atoms with Crippen molar-refractivity contribution in [3.8, 4) is 0 Å². The molecular weight excluding hydrogens is 392 g/mol. The van der Waals surface area contributed by atoms with E-state index in [1.807, 2.05) is 20.2 Å². The number of rotatable bonds is 1. The van der Waals surface area contributed by atoms with Crippen LogP contribution in [-0.2, 0) is 12.6 Å². The zero-order chi connectivity index (χ0) is 22.5. The smallest absolute Gasteiger partial charge is 0.287 e. The number of aryl methyl sites for hydroxylation is 4. The highest BCUT2D eigenvalue weighted by atomic mass is 15.0. The van der Waals surface area contributed by atoms with Gasteiger partial charge in [0.2, 0.25) is 0 Å². The summed E-state index contributed by atoms with van der Waals surface area (Å²) < 4.78 is 4.59. The summed E-state index contributed by atoms with van der Waals surface area (Å²) in [5.41, 5.74) is 10.0. The predicted octanol–water partition coefficient (Wildman–Crippen LogP) is 6.29. The molecule has 32 heavy (non-hydrogen) atoms. The minimum atomic E-state index is -0.651. The lowest BCUT2D eigenvalue weighted by atomic mass is 9.88. The second-order valence-electron chi connectivity index (χ2n) is 9.63. The van der Waals surface area contributed by atoms with E-state index < -0.39 is 5.54 Å². The molecule has 0 radical (unpaired) electrons. The fourth-order valence-corrected chi connectivity index (χ4v) is 5.60. The van der Waals surface area contributed by atoms with Crippen LogP contribution in [0.5, 0.6) is 0 Å². The number of nitrogens with zero attached hydrogens (tertiary/aromatic N) is 4. The molecule has 4 heteroatoms. The second-order valence-corrected chi connectivity index (χ2v) is 9.63. The first-order valence-electron chi connectivity index (χ1n) is 11.0. The Bertz CT molecular complexity index is 1790. The first-order chi connectivity index (χ1) is 15.3. The number of fused-ring (bicyclic) bond motifs is 6. The van der Waals surface area contributed by atoms with Crippen LogP contribution in [0, 0.1) is 27.3 Å². The summed E-state index contributed by atoms with van der Waals surface area (Å²) >= 11 is 0. The zero-order valence-electron chi connectivity index (χ0n) is 19.3. The summed E-state index contributed by atoms with van der Waals surface area (Å²) in [5, 5.41) is 4.82. The fraction of sp³-hybridized carbons (Fsp3) is 0.250. The molecule has 0 aliphatic carbocycles. The molecule has 3 aromatic carbocycles. The topological polar surface area (TPSA) is 25.5 Å². The van der Waals surface area contributed by atoms with E-state index in [0.29, 0.717) is 0 Å². The van der Waals surface area contributed by atoms with Crippen molar-refractivity contribution in [3.63, 3.8) is 0 Å². The Morgan fingerprint density at radius 3 is 2.47 bits per heavy atom. The Labute approximate surface area is 186 Å². The van der Waals surface area contributed by atoms with Gasteiger partial charge in [0.25, 0.3) is 11.9 Å². The maximum absolute atomic E-state index is 7.93. The normalized spacial score (nSPS) is 12.7. The molecule has 3 heterocycles. The highest BCUT2D eigenvalue weighted by Crippen LogP contribution is 2.45. The number of pyridine rings is 1. The quantitative estimate of drug-likeness (QED) is 0.134. The first kappa shape index (κ1) is 19.0. The van der Waals surface area contributed by atoms with E-state index >= 15 is 0 Å². The van der Waals surface area contributed by atoms with Gasteiger partial charge in [0.05, 0.1) is 34.5 Å². The molecule has 6 rings (SSSR count). The van der Waals surface area contributed by atoms with Crippen molar-refractivity contribution in [1.82, 2.24) is 9.38 Å². The Kier molecular flexibility index (Phi) is 3.54. The molecule has 0 spiro atoms. The van der Waals surface area contributed by atoms with Crippen molar-refractivity contribution in [1.29, 1.82) is 0 Å². The molecule has 0 amide bonds. The van der Waals surface area contributed by atoms with E-state index in [4.69, 9.17) is 11.6 Å². The average Bonchev–Trinajstić information content (AvgIpc) is 3.12. The van der Waals surface area contributed by atoms with Crippen molar-refractivity contribution >= 4 is 49.1 Å². The highest BCUT2D eigenvalue weighted by Gasteiger charge is 2.35. The lowest BCUT2D eigenvalue weighted by Gasteiger charge is -2.18. The molecular formula is C28H25N4+. The SMILES string of the molecule is [C-]#[N+]C(C)(C)c1cc2nc[n+](C)c3c4c(C)c(C)cc(C)c4n4c5ccccc5c1c4c23. The van der Waals surface area contributed by atoms with Crippen LogP contribution >= 0.6 is 0 Å². The van der Waals surface area contributed by atoms with Gasteiger partial charge in [-0.05, 0) is 48.5 Å². The predicted molar refractivity (Wildman–Crippen MR) is 131 cm³/mol. The number of hydrogen-bond acceptors (Lipinski definition) is 1. The standard InChI is InChI=1S/C28H25N4/c1-15-12-16(2)25-22(17(15)3)26-24-20(30-14-31(26)7)13-19(28(4,5)29-6)23-18-10-8-9-11-21(18)32(25)27(23)24/h8-14H,1-5,7H3/q+1. The third-order valence-corrected chi connectivity index (χ3v) is 7.29. The van der Waals surface area contributed by atoms with E-state index in [0.717, 1.165) is 11.1 Å². The third kappa shape index (κ3) is 2.11. The Morgan fingerprint density at radius 2 is 1.72 bits per heavy atom. The molecule has 0 unspecified atom stereocenters. The van der Waals surface area contributed by atoms with Crippen LogP contribution in [-0.4, -0.2) is 9.38 Å². The lowest BCUT2D eigenvalue weighted by Crippen LogP contribution is -2.30. The van der Waals surface area contributed by atoms with Crippen molar-refractivity contribution in [2.24, 2.45) is 7.05 Å². The van der Waals surface area contributed by atoms with Gasteiger partial charge in [-0.1, -0.05) is 24.3 Å². The Morgan fingerprint density at radius 1 is 0.969 bits per heavy atom. The molecule has 0 aliphatic heterocycles. The van der Waals surface area contributed by atoms with Gasteiger partial charge in [-0.3, -0.25) is 0 Å². The van der Waals surface area contributed by atoms with Crippen molar-refractivity contribution < 1.29 is 4.57 Å². The summed E-state index contributed by atoms with van der Waals surface area (Å²) in [4.78, 5) is 8.86. The third-order valence-electron chi connectivity index (χ3n) is 7.29. The van der Waals surface area contributed by atoms with E-state index in [2.05, 4.69) is 78.0 Å². The molecule has 0 aliphatic rings. The largest absolute Gasteiger partial charge is 0.307 e. The first-order valence-corrected chi connectivity index (χ1v) is 11.0. The zero-order valence-corrected chi connectivity index (χ0v) is 19.3. The summed E-state index contributed by atoms with van der Waals surface area (Å²) in [6.45, 7) is 18.6. The molecule has 0 N–H and O–H groups in total. The number of benzene rings is 3. The van der Waals surface area contributed by atoms with Gasteiger partial charge in [-0.15, -0.1) is 0 Å². The minimum Gasteiger partial charge on any atom is -0.307 e. The van der Waals surface area contributed by atoms with Crippen molar-refractivity contribution in [2.45, 2.75) is 40.2 Å². The summed E-state index contributed by atoms with van der Waals surface area (Å²) in [6, 6.07) is 13.1. The van der Waals surface area contributed by atoms with Crippen LogP contribution in [0.25, 0.3) is 54.0 Å². The number of para-hydroxylation sites is 1. The van der Waals surface area contributed by atoms with Gasteiger partial charge < -0.3 is 9.25 Å². The van der Waals surface area contributed by atoms with Crippen LogP contribution in [0.2, 0.25) is 0 Å². The van der Waals surface area contributed by atoms with Gasteiger partial charge in [-0.25, -0.2) is 11.1 Å². The molecule has 0 bridgehead atoms. The number of hydrogen-bond donors (Lipinski definition) is 0. The van der Waals surface area contributed by atoms with E-state index in [1.54, 1.807) is 0 Å². The molecule has 4 nitrogen and oxygen atoms in total. The van der Waals surface area contributed by atoms with E-state index in [1.165, 1.54) is 60.3 Å². The molecule has 6 aromatic rings. The van der Waals surface area contributed by atoms with E-state index in [-0.39, 0.29) is 0 Å². The van der Waals surface area contributed by atoms with Gasteiger partial charge in [0.15, 0.2) is 5.52 Å². The molecule has 156 valence electrons. The average molecular weight is 418 g/mol.